The molecule has 0 spiro atoms. The second-order valence-corrected chi connectivity index (χ2v) is 25.5. The molecule has 0 saturated heterocycles. The third-order valence-corrected chi connectivity index (χ3v) is 23.3. The molecule has 0 bridgehead atoms. The Kier molecular flexibility index (Phi) is 10.6. The Bertz CT molecular complexity index is 442. The summed E-state index contributed by atoms with van der Waals surface area (Å²) < 4.78 is 7.64. The zero-order valence-electron chi connectivity index (χ0n) is 16.9. The Labute approximate surface area is 157 Å². The summed E-state index contributed by atoms with van der Waals surface area (Å²) in [5.74, 6) is 0. The summed E-state index contributed by atoms with van der Waals surface area (Å²) in [5, 5.41) is 1.59. The van der Waals surface area contributed by atoms with Crippen molar-refractivity contribution in [3.63, 3.8) is 0 Å². The van der Waals surface area contributed by atoms with Crippen molar-refractivity contribution in [2.24, 2.45) is 0 Å². The monoisotopic (exact) mass is 452 g/mol. The molecule has 0 aliphatic heterocycles. The molecule has 0 saturated carbocycles. The first-order valence-electron chi connectivity index (χ1n) is 10.3. The predicted octanol–water partition coefficient (Wildman–Crippen LogP) is 7.09. The van der Waals surface area contributed by atoms with E-state index in [0.717, 1.165) is 0 Å². The van der Waals surface area contributed by atoms with E-state index in [1.807, 2.05) is 0 Å². The first-order valence-corrected chi connectivity index (χ1v) is 21.0. The molecule has 0 atom stereocenters. The topological polar surface area (TPSA) is 0 Å². The second kappa shape index (κ2) is 11.6. The van der Waals surface area contributed by atoms with Crippen molar-refractivity contribution in [3.05, 3.63) is 40.1 Å². The van der Waals surface area contributed by atoms with Gasteiger partial charge in [-0.15, -0.1) is 0 Å². The van der Waals surface area contributed by atoms with Gasteiger partial charge in [-0.2, -0.15) is 0 Å². The Balaban J connectivity index is 3.02. The van der Waals surface area contributed by atoms with Crippen LogP contribution in [-0.2, 0) is 0 Å². The molecule has 136 valence electrons. The van der Waals surface area contributed by atoms with Crippen LogP contribution < -0.4 is 5.19 Å². The van der Waals surface area contributed by atoms with Gasteiger partial charge in [0.05, 0.1) is 0 Å². The van der Waals surface area contributed by atoms with E-state index >= 15 is 0 Å². The molecule has 1 aromatic rings. The number of benzene rings is 1. The summed E-state index contributed by atoms with van der Waals surface area (Å²) >= 11 is -2.11. The number of hydrogen-bond donors (Lipinski definition) is 0. The van der Waals surface area contributed by atoms with Gasteiger partial charge in [-0.3, -0.25) is 0 Å². The third kappa shape index (κ3) is 7.47. The van der Waals surface area contributed by atoms with Crippen molar-refractivity contribution >= 4 is 31.6 Å². The third-order valence-electron chi connectivity index (χ3n) is 5.46. The predicted molar refractivity (Wildman–Crippen MR) is 118 cm³/mol. The van der Waals surface area contributed by atoms with E-state index in [1.165, 1.54) is 38.5 Å². The van der Waals surface area contributed by atoms with E-state index in [1.54, 1.807) is 18.5 Å². The molecular weight excluding hydrogens is 411 g/mol. The van der Waals surface area contributed by atoms with Gasteiger partial charge in [0, 0.05) is 0 Å². The molecule has 0 nitrogen and oxygen atoms in total. The summed E-state index contributed by atoms with van der Waals surface area (Å²) in [4.78, 5) is 0. The molecule has 0 N–H and O–H groups in total. The van der Waals surface area contributed by atoms with Gasteiger partial charge in [-0.1, -0.05) is 0 Å². The maximum absolute atomic E-state index is 2.88. The summed E-state index contributed by atoms with van der Waals surface area (Å²) in [6, 6.07) is 11.3. The van der Waals surface area contributed by atoms with Gasteiger partial charge in [0.2, 0.25) is 0 Å². The molecule has 0 heterocycles. The van der Waals surface area contributed by atoms with Crippen molar-refractivity contribution < 1.29 is 0 Å². The fourth-order valence-corrected chi connectivity index (χ4v) is 24.8. The fourth-order valence-electron chi connectivity index (χ4n) is 3.56. The Hall–Kier alpha value is -0.0244. The normalized spacial score (nSPS) is 12.9. The molecular formula is C22H40SiSn. The number of hydrogen-bond acceptors (Lipinski definition) is 0. The summed E-state index contributed by atoms with van der Waals surface area (Å²) in [7, 11) is -1.43. The van der Waals surface area contributed by atoms with E-state index in [9.17, 15) is 0 Å². The molecule has 1 rings (SSSR count). The van der Waals surface area contributed by atoms with Crippen LogP contribution in [0.2, 0.25) is 26.4 Å². The van der Waals surface area contributed by atoms with Gasteiger partial charge in [-0.25, -0.2) is 0 Å². The van der Waals surface area contributed by atoms with Crippen LogP contribution in [0.15, 0.2) is 40.1 Å². The molecule has 0 fully saturated rings. The Morgan fingerprint density at radius 1 is 0.792 bits per heavy atom. The zero-order valence-corrected chi connectivity index (χ0v) is 20.8. The van der Waals surface area contributed by atoms with Crippen molar-refractivity contribution in [1.29, 1.82) is 0 Å². The summed E-state index contributed by atoms with van der Waals surface area (Å²) in [5.41, 5.74) is 2.74. The van der Waals surface area contributed by atoms with Gasteiger partial charge in [0.1, 0.15) is 0 Å². The summed E-state index contributed by atoms with van der Waals surface area (Å²) in [6.45, 7) is 12.1. The first-order chi connectivity index (χ1) is 11.5. The quantitative estimate of drug-likeness (QED) is 0.298. The summed E-state index contributed by atoms with van der Waals surface area (Å²) in [6.07, 6.45) is 8.47. The molecule has 1 aromatic carbocycles. The molecule has 24 heavy (non-hydrogen) atoms. The average Bonchev–Trinajstić information content (AvgIpc) is 2.61. The van der Waals surface area contributed by atoms with Crippen LogP contribution in [0, 0.1) is 0 Å². The van der Waals surface area contributed by atoms with E-state index in [0.29, 0.717) is 0 Å². The van der Waals surface area contributed by atoms with Crippen molar-refractivity contribution in [3.8, 4) is 0 Å². The Morgan fingerprint density at radius 2 is 1.25 bits per heavy atom. The molecule has 0 aromatic heterocycles. The van der Waals surface area contributed by atoms with Crippen LogP contribution in [0.1, 0.15) is 59.3 Å². The molecule has 0 unspecified atom stereocenters. The molecule has 0 amide bonds. The van der Waals surface area contributed by atoms with Crippen LogP contribution in [0.5, 0.6) is 0 Å². The standard InChI is InChI=1S/C10H13Si.3C4H9.Sn/c1-4-11(2,3)10-8-6-5-7-9-10;3*1-3-4-2;/h1,4-9H,2-3H3;3*1,3-4H2,2H3;. The fraction of sp³-hybridized carbons (Fsp3) is 0.636. The zero-order chi connectivity index (χ0) is 17.9. The van der Waals surface area contributed by atoms with E-state index in [2.05, 4.69) is 74.0 Å². The van der Waals surface area contributed by atoms with E-state index in [4.69, 9.17) is 0 Å². The Morgan fingerprint density at radius 3 is 1.67 bits per heavy atom. The van der Waals surface area contributed by atoms with Gasteiger partial charge < -0.3 is 0 Å². The van der Waals surface area contributed by atoms with Crippen molar-refractivity contribution in [2.45, 2.75) is 85.7 Å². The van der Waals surface area contributed by atoms with Crippen LogP contribution in [0.3, 0.4) is 0 Å². The van der Waals surface area contributed by atoms with Crippen LogP contribution in [-0.4, -0.2) is 26.5 Å². The van der Waals surface area contributed by atoms with Crippen LogP contribution in [0.25, 0.3) is 0 Å². The first kappa shape index (κ1) is 22.0. The van der Waals surface area contributed by atoms with E-state index in [-0.39, 0.29) is 0 Å². The minimum absolute atomic E-state index is 1.37. The molecule has 0 radical (unpaired) electrons. The van der Waals surface area contributed by atoms with Crippen molar-refractivity contribution in [2.75, 3.05) is 0 Å². The molecule has 0 aliphatic rings. The van der Waals surface area contributed by atoms with E-state index < -0.39 is 26.5 Å². The minimum atomic E-state index is -2.11. The van der Waals surface area contributed by atoms with Gasteiger partial charge in [0.25, 0.3) is 0 Å². The van der Waals surface area contributed by atoms with Gasteiger partial charge in [-0.05, 0) is 0 Å². The SMILES string of the molecule is CCC[CH2][Sn](/[CH]=C/[Si](C)(C)c1ccccc1)([CH2]CCC)[CH2]CCC. The number of unbranched alkanes of at least 4 members (excludes halogenated alkanes) is 3. The second-order valence-electron chi connectivity index (χ2n) is 8.09. The average molecular weight is 451 g/mol. The maximum atomic E-state index is 2.88. The molecule has 2 heteroatoms. The molecule has 0 aliphatic carbocycles. The van der Waals surface area contributed by atoms with Crippen LogP contribution in [0.4, 0.5) is 0 Å². The van der Waals surface area contributed by atoms with Gasteiger partial charge >= 0.3 is 157 Å². The van der Waals surface area contributed by atoms with Crippen molar-refractivity contribution in [1.82, 2.24) is 0 Å². The van der Waals surface area contributed by atoms with Crippen LogP contribution >= 0.6 is 0 Å². The number of rotatable bonds is 12. The van der Waals surface area contributed by atoms with Gasteiger partial charge in [0.15, 0.2) is 0 Å².